The molecule has 1 fully saturated rings. The molecule has 1 aromatic carbocycles. The summed E-state index contributed by atoms with van der Waals surface area (Å²) in [5.41, 5.74) is 2.91. The number of rotatable bonds is 7. The Balaban J connectivity index is 1.92. The van der Waals surface area contributed by atoms with Crippen molar-refractivity contribution in [1.82, 2.24) is 15.1 Å². The first-order valence-corrected chi connectivity index (χ1v) is 8.44. The number of hydrogen-bond donors (Lipinski definition) is 1. The number of likely N-dealkylation sites (tertiary alicyclic amines) is 1. The van der Waals surface area contributed by atoms with Gasteiger partial charge in [0.05, 0.1) is 0 Å². The summed E-state index contributed by atoms with van der Waals surface area (Å²) in [5.74, 6) is 0. The van der Waals surface area contributed by atoms with Crippen LogP contribution in [0.2, 0.25) is 0 Å². The molecule has 0 aromatic heterocycles. The van der Waals surface area contributed by atoms with Crippen LogP contribution in [0.15, 0.2) is 24.3 Å². The summed E-state index contributed by atoms with van der Waals surface area (Å²) in [4.78, 5) is 5.11. The van der Waals surface area contributed by atoms with Crippen molar-refractivity contribution in [2.24, 2.45) is 0 Å². The fourth-order valence-corrected chi connectivity index (χ4v) is 3.22. The van der Waals surface area contributed by atoms with E-state index in [-0.39, 0.29) is 0 Å². The normalized spacial score (nSPS) is 17.5. The largest absolute Gasteiger partial charge is 0.313 e. The average Bonchev–Trinajstić information content (AvgIpc) is 2.54. The van der Waals surface area contributed by atoms with Crippen molar-refractivity contribution < 1.29 is 0 Å². The number of benzene rings is 1. The van der Waals surface area contributed by atoms with E-state index in [1.807, 2.05) is 0 Å². The Morgan fingerprint density at radius 2 is 1.81 bits per heavy atom. The number of nitrogens with one attached hydrogen (secondary N) is 1. The molecule has 1 aromatic rings. The van der Waals surface area contributed by atoms with Gasteiger partial charge in [-0.2, -0.15) is 0 Å². The molecule has 2 rings (SSSR count). The highest BCUT2D eigenvalue weighted by atomic mass is 15.2. The fourth-order valence-electron chi connectivity index (χ4n) is 3.22. The number of piperidine rings is 1. The van der Waals surface area contributed by atoms with E-state index in [1.165, 1.54) is 43.6 Å². The van der Waals surface area contributed by atoms with Gasteiger partial charge >= 0.3 is 0 Å². The van der Waals surface area contributed by atoms with Crippen LogP contribution in [0, 0.1) is 0 Å². The highest BCUT2D eigenvalue weighted by molar-refractivity contribution is 5.27. The molecule has 0 spiro atoms. The Labute approximate surface area is 130 Å². The highest BCUT2D eigenvalue weighted by Crippen LogP contribution is 2.19. The minimum atomic E-state index is 0.736. The van der Waals surface area contributed by atoms with Crippen LogP contribution in [-0.4, -0.2) is 49.1 Å². The molecule has 1 heterocycles. The number of hydrogen-bond acceptors (Lipinski definition) is 3. The molecule has 0 saturated carbocycles. The van der Waals surface area contributed by atoms with Gasteiger partial charge in [0.2, 0.25) is 0 Å². The Bertz CT molecular complexity index is 411. The lowest BCUT2D eigenvalue weighted by molar-refractivity contribution is 0.127. The lowest BCUT2D eigenvalue weighted by Crippen LogP contribution is -2.43. The summed E-state index contributed by atoms with van der Waals surface area (Å²) >= 11 is 0. The van der Waals surface area contributed by atoms with Crippen LogP contribution in [0.5, 0.6) is 0 Å². The summed E-state index contributed by atoms with van der Waals surface area (Å²) < 4.78 is 0. The van der Waals surface area contributed by atoms with Gasteiger partial charge in [-0.05, 0) is 57.2 Å². The summed E-state index contributed by atoms with van der Waals surface area (Å²) in [6.45, 7) is 11.2. The monoisotopic (exact) mass is 289 g/mol. The van der Waals surface area contributed by atoms with Crippen LogP contribution in [0.1, 0.15) is 37.8 Å². The van der Waals surface area contributed by atoms with Gasteiger partial charge in [0.15, 0.2) is 0 Å². The molecule has 118 valence electrons. The Morgan fingerprint density at radius 1 is 1.14 bits per heavy atom. The van der Waals surface area contributed by atoms with E-state index in [0.717, 1.165) is 25.7 Å². The topological polar surface area (TPSA) is 18.5 Å². The SMILES string of the molecule is CCNCc1ccccc1CN(C)C1CCN(CC)CC1. The molecule has 0 aliphatic carbocycles. The molecule has 0 atom stereocenters. The van der Waals surface area contributed by atoms with E-state index < -0.39 is 0 Å². The summed E-state index contributed by atoms with van der Waals surface area (Å²) in [6, 6.07) is 9.59. The van der Waals surface area contributed by atoms with Crippen molar-refractivity contribution in [3.8, 4) is 0 Å². The van der Waals surface area contributed by atoms with Crippen molar-refractivity contribution in [2.45, 2.75) is 45.8 Å². The van der Waals surface area contributed by atoms with E-state index in [0.29, 0.717) is 0 Å². The zero-order valence-corrected chi connectivity index (χ0v) is 13.9. The maximum absolute atomic E-state index is 3.45. The minimum Gasteiger partial charge on any atom is -0.313 e. The standard InChI is InChI=1S/C18H31N3/c1-4-19-14-16-8-6-7-9-17(16)15-20(3)18-10-12-21(5-2)13-11-18/h6-9,18-19H,4-5,10-15H2,1-3H3. The van der Waals surface area contributed by atoms with Crippen LogP contribution in [0.3, 0.4) is 0 Å². The van der Waals surface area contributed by atoms with Crippen LogP contribution >= 0.6 is 0 Å². The molecule has 1 aliphatic rings. The van der Waals surface area contributed by atoms with E-state index >= 15 is 0 Å². The van der Waals surface area contributed by atoms with Gasteiger partial charge in [0.25, 0.3) is 0 Å². The predicted molar refractivity (Wildman–Crippen MR) is 90.4 cm³/mol. The third kappa shape index (κ3) is 4.80. The molecule has 1 N–H and O–H groups in total. The zero-order chi connectivity index (χ0) is 15.1. The van der Waals surface area contributed by atoms with E-state index in [9.17, 15) is 0 Å². The van der Waals surface area contributed by atoms with Crippen LogP contribution in [-0.2, 0) is 13.1 Å². The number of nitrogens with zero attached hydrogens (tertiary/aromatic N) is 2. The smallest absolute Gasteiger partial charge is 0.0236 e. The minimum absolute atomic E-state index is 0.736. The second-order valence-corrected chi connectivity index (χ2v) is 6.13. The molecule has 1 aliphatic heterocycles. The van der Waals surface area contributed by atoms with Gasteiger partial charge in [-0.25, -0.2) is 0 Å². The first-order chi connectivity index (χ1) is 10.2. The van der Waals surface area contributed by atoms with Crippen molar-refractivity contribution in [2.75, 3.05) is 33.2 Å². The average molecular weight is 289 g/mol. The molecule has 3 heteroatoms. The van der Waals surface area contributed by atoms with E-state index in [2.05, 4.69) is 60.3 Å². The van der Waals surface area contributed by atoms with Crippen molar-refractivity contribution in [1.29, 1.82) is 0 Å². The second-order valence-electron chi connectivity index (χ2n) is 6.13. The van der Waals surface area contributed by atoms with Gasteiger partial charge in [0, 0.05) is 19.1 Å². The fraction of sp³-hybridized carbons (Fsp3) is 0.667. The predicted octanol–water partition coefficient (Wildman–Crippen LogP) is 2.71. The highest BCUT2D eigenvalue weighted by Gasteiger charge is 2.21. The molecular weight excluding hydrogens is 258 g/mol. The van der Waals surface area contributed by atoms with Gasteiger partial charge in [-0.3, -0.25) is 4.90 Å². The maximum Gasteiger partial charge on any atom is 0.0236 e. The third-order valence-electron chi connectivity index (χ3n) is 4.73. The van der Waals surface area contributed by atoms with Crippen molar-refractivity contribution in [3.05, 3.63) is 35.4 Å². The Kier molecular flexibility index (Phi) is 6.68. The van der Waals surface area contributed by atoms with Crippen LogP contribution in [0.4, 0.5) is 0 Å². The molecule has 0 bridgehead atoms. The quantitative estimate of drug-likeness (QED) is 0.832. The molecule has 21 heavy (non-hydrogen) atoms. The first-order valence-electron chi connectivity index (χ1n) is 8.44. The lowest BCUT2D eigenvalue weighted by Gasteiger charge is -2.36. The zero-order valence-electron chi connectivity index (χ0n) is 13.9. The first kappa shape index (κ1) is 16.5. The molecular formula is C18H31N3. The van der Waals surface area contributed by atoms with Gasteiger partial charge in [-0.1, -0.05) is 38.1 Å². The maximum atomic E-state index is 3.45. The third-order valence-corrected chi connectivity index (χ3v) is 4.73. The molecule has 3 nitrogen and oxygen atoms in total. The molecule has 0 amide bonds. The summed E-state index contributed by atoms with van der Waals surface area (Å²) in [6.07, 6.45) is 2.61. The molecule has 1 saturated heterocycles. The molecule has 0 radical (unpaired) electrons. The van der Waals surface area contributed by atoms with Crippen molar-refractivity contribution in [3.63, 3.8) is 0 Å². The summed E-state index contributed by atoms with van der Waals surface area (Å²) in [7, 11) is 2.29. The van der Waals surface area contributed by atoms with Gasteiger partial charge in [0.1, 0.15) is 0 Å². The molecule has 0 unspecified atom stereocenters. The Hall–Kier alpha value is -0.900. The van der Waals surface area contributed by atoms with Crippen molar-refractivity contribution >= 4 is 0 Å². The second kappa shape index (κ2) is 8.52. The van der Waals surface area contributed by atoms with Gasteiger partial charge < -0.3 is 10.2 Å². The summed E-state index contributed by atoms with van der Waals surface area (Å²) in [5, 5.41) is 3.45. The lowest BCUT2D eigenvalue weighted by atomic mass is 10.0. The van der Waals surface area contributed by atoms with Crippen LogP contribution in [0.25, 0.3) is 0 Å². The van der Waals surface area contributed by atoms with Gasteiger partial charge in [-0.15, -0.1) is 0 Å². The Morgan fingerprint density at radius 3 is 2.43 bits per heavy atom. The van der Waals surface area contributed by atoms with E-state index in [1.54, 1.807) is 0 Å². The van der Waals surface area contributed by atoms with E-state index in [4.69, 9.17) is 0 Å². The van der Waals surface area contributed by atoms with Crippen LogP contribution < -0.4 is 5.32 Å².